The summed E-state index contributed by atoms with van der Waals surface area (Å²) >= 11 is 6.02. The van der Waals surface area contributed by atoms with Crippen molar-refractivity contribution in [3.8, 4) is 0 Å². The summed E-state index contributed by atoms with van der Waals surface area (Å²) in [6.45, 7) is 0. The molecule has 0 bridgehead atoms. The molecule has 20 heavy (non-hydrogen) atoms. The fourth-order valence-corrected chi connectivity index (χ4v) is 3.39. The summed E-state index contributed by atoms with van der Waals surface area (Å²) in [7, 11) is 0. The van der Waals surface area contributed by atoms with Crippen LogP contribution in [0.5, 0.6) is 0 Å². The second-order valence-corrected chi connectivity index (χ2v) is 6.25. The van der Waals surface area contributed by atoms with Gasteiger partial charge in [0.25, 0.3) is 0 Å². The topological polar surface area (TPSA) is 38.0 Å². The Balaban J connectivity index is 1.95. The minimum absolute atomic E-state index is 0.164. The van der Waals surface area contributed by atoms with Crippen molar-refractivity contribution in [3.05, 3.63) is 34.6 Å². The summed E-state index contributed by atoms with van der Waals surface area (Å²) in [6.07, 6.45) is 9.66. The molecular weight excluding hydrogens is 275 g/mol. The van der Waals surface area contributed by atoms with E-state index in [-0.39, 0.29) is 16.9 Å². The van der Waals surface area contributed by atoms with Gasteiger partial charge in [0.1, 0.15) is 5.82 Å². The van der Waals surface area contributed by atoms with Crippen LogP contribution in [0.4, 0.5) is 4.39 Å². The first-order valence-electron chi connectivity index (χ1n) is 7.59. The Hall–Kier alpha value is -0.640. The van der Waals surface area contributed by atoms with Crippen molar-refractivity contribution in [2.45, 2.75) is 57.4 Å². The van der Waals surface area contributed by atoms with E-state index in [0.717, 1.165) is 17.9 Å². The van der Waals surface area contributed by atoms with Crippen LogP contribution in [-0.2, 0) is 6.42 Å². The van der Waals surface area contributed by atoms with Crippen molar-refractivity contribution in [1.29, 1.82) is 0 Å². The first-order valence-corrected chi connectivity index (χ1v) is 7.97. The molecule has 1 saturated carbocycles. The summed E-state index contributed by atoms with van der Waals surface area (Å²) in [6, 6.07) is 5.14. The molecule has 0 heterocycles. The Kier molecular flexibility index (Phi) is 6.27. The SMILES string of the molecule is NNC(Cc1cccc(F)c1Cl)CC1CCCCCC1. The van der Waals surface area contributed by atoms with Gasteiger partial charge in [0.15, 0.2) is 0 Å². The average Bonchev–Trinajstić information content (AvgIpc) is 2.71. The number of hydrogen-bond acceptors (Lipinski definition) is 2. The van der Waals surface area contributed by atoms with Crippen LogP contribution in [0, 0.1) is 11.7 Å². The maximum Gasteiger partial charge on any atom is 0.142 e. The summed E-state index contributed by atoms with van der Waals surface area (Å²) in [5.74, 6) is 6.05. The zero-order valence-corrected chi connectivity index (χ0v) is 12.6. The molecule has 0 amide bonds. The minimum atomic E-state index is -0.352. The molecule has 2 nitrogen and oxygen atoms in total. The zero-order valence-electron chi connectivity index (χ0n) is 11.9. The predicted octanol–water partition coefficient (Wildman–Crippen LogP) is 4.21. The van der Waals surface area contributed by atoms with E-state index in [0.29, 0.717) is 6.42 Å². The van der Waals surface area contributed by atoms with E-state index >= 15 is 0 Å². The molecule has 0 aliphatic heterocycles. The van der Waals surface area contributed by atoms with E-state index in [1.807, 2.05) is 6.07 Å². The Morgan fingerprint density at radius 1 is 1.25 bits per heavy atom. The number of nitrogens with one attached hydrogen (secondary N) is 1. The third-order valence-electron chi connectivity index (χ3n) is 4.33. The van der Waals surface area contributed by atoms with Crippen molar-refractivity contribution in [2.75, 3.05) is 0 Å². The van der Waals surface area contributed by atoms with Gasteiger partial charge in [0.2, 0.25) is 0 Å². The lowest BCUT2D eigenvalue weighted by molar-refractivity contribution is 0.352. The van der Waals surface area contributed by atoms with Crippen LogP contribution in [0.1, 0.15) is 50.5 Å². The Bertz CT molecular complexity index is 417. The van der Waals surface area contributed by atoms with E-state index in [9.17, 15) is 4.39 Å². The summed E-state index contributed by atoms with van der Waals surface area (Å²) in [4.78, 5) is 0. The van der Waals surface area contributed by atoms with Crippen LogP contribution in [0.3, 0.4) is 0 Å². The molecular formula is C16H24ClFN2. The number of benzene rings is 1. The van der Waals surface area contributed by atoms with Crippen LogP contribution < -0.4 is 11.3 Å². The maximum absolute atomic E-state index is 13.5. The Morgan fingerprint density at radius 2 is 1.95 bits per heavy atom. The number of rotatable bonds is 5. The van der Waals surface area contributed by atoms with Crippen molar-refractivity contribution >= 4 is 11.6 Å². The second kappa shape index (κ2) is 7.96. The molecule has 1 aromatic rings. The fraction of sp³-hybridized carbons (Fsp3) is 0.625. The van der Waals surface area contributed by atoms with Crippen LogP contribution >= 0.6 is 11.6 Å². The highest BCUT2D eigenvalue weighted by molar-refractivity contribution is 6.31. The lowest BCUT2D eigenvalue weighted by Crippen LogP contribution is -2.38. The van der Waals surface area contributed by atoms with Gasteiger partial charge in [-0.15, -0.1) is 0 Å². The molecule has 1 aliphatic rings. The molecule has 1 fully saturated rings. The first kappa shape index (κ1) is 15.7. The fourth-order valence-electron chi connectivity index (χ4n) is 3.18. The predicted molar refractivity (Wildman–Crippen MR) is 82.0 cm³/mol. The maximum atomic E-state index is 13.5. The molecule has 1 atom stereocenters. The second-order valence-electron chi connectivity index (χ2n) is 5.87. The van der Waals surface area contributed by atoms with Gasteiger partial charge in [-0.2, -0.15) is 0 Å². The average molecular weight is 299 g/mol. The summed E-state index contributed by atoms with van der Waals surface area (Å²) < 4.78 is 13.5. The van der Waals surface area contributed by atoms with E-state index in [2.05, 4.69) is 5.43 Å². The molecule has 1 aliphatic carbocycles. The highest BCUT2D eigenvalue weighted by Gasteiger charge is 2.19. The van der Waals surface area contributed by atoms with Gasteiger partial charge >= 0.3 is 0 Å². The van der Waals surface area contributed by atoms with E-state index in [1.54, 1.807) is 6.07 Å². The molecule has 0 aromatic heterocycles. The highest BCUT2D eigenvalue weighted by atomic mass is 35.5. The number of halogens is 2. The molecule has 2 rings (SSSR count). The van der Waals surface area contributed by atoms with E-state index in [4.69, 9.17) is 17.4 Å². The smallest absolute Gasteiger partial charge is 0.142 e. The van der Waals surface area contributed by atoms with Crippen molar-refractivity contribution in [3.63, 3.8) is 0 Å². The van der Waals surface area contributed by atoms with Crippen LogP contribution in [0.25, 0.3) is 0 Å². The molecule has 0 spiro atoms. The number of hydrazine groups is 1. The Morgan fingerprint density at radius 3 is 2.60 bits per heavy atom. The number of hydrogen-bond donors (Lipinski definition) is 2. The van der Waals surface area contributed by atoms with Gasteiger partial charge in [-0.05, 0) is 30.4 Å². The Labute approximate surface area is 125 Å². The third-order valence-corrected chi connectivity index (χ3v) is 4.75. The van der Waals surface area contributed by atoms with Crippen LogP contribution in [0.2, 0.25) is 5.02 Å². The van der Waals surface area contributed by atoms with Gasteiger partial charge in [0.05, 0.1) is 5.02 Å². The van der Waals surface area contributed by atoms with Gasteiger partial charge in [-0.25, -0.2) is 4.39 Å². The van der Waals surface area contributed by atoms with Gasteiger partial charge in [-0.1, -0.05) is 62.3 Å². The zero-order chi connectivity index (χ0) is 14.4. The molecule has 0 saturated heterocycles. The lowest BCUT2D eigenvalue weighted by Gasteiger charge is -2.22. The van der Waals surface area contributed by atoms with E-state index < -0.39 is 0 Å². The highest BCUT2D eigenvalue weighted by Crippen LogP contribution is 2.28. The van der Waals surface area contributed by atoms with Crippen LogP contribution in [0.15, 0.2) is 18.2 Å². The molecule has 1 unspecified atom stereocenters. The largest absolute Gasteiger partial charge is 0.271 e. The number of nitrogens with two attached hydrogens (primary N) is 1. The summed E-state index contributed by atoms with van der Waals surface area (Å²) in [5.41, 5.74) is 3.72. The van der Waals surface area contributed by atoms with Crippen molar-refractivity contribution in [1.82, 2.24) is 5.43 Å². The van der Waals surface area contributed by atoms with Crippen molar-refractivity contribution in [2.24, 2.45) is 11.8 Å². The molecule has 3 N–H and O–H groups in total. The first-order chi connectivity index (χ1) is 9.70. The lowest BCUT2D eigenvalue weighted by atomic mass is 9.90. The molecule has 4 heteroatoms. The van der Waals surface area contributed by atoms with Crippen LogP contribution in [-0.4, -0.2) is 6.04 Å². The molecule has 0 radical (unpaired) electrons. The van der Waals surface area contributed by atoms with E-state index in [1.165, 1.54) is 44.6 Å². The normalized spacial score (nSPS) is 18.8. The molecule has 1 aromatic carbocycles. The summed E-state index contributed by atoms with van der Waals surface area (Å²) in [5, 5.41) is 0.230. The van der Waals surface area contributed by atoms with Crippen molar-refractivity contribution < 1.29 is 4.39 Å². The van der Waals surface area contributed by atoms with Gasteiger partial charge in [-0.3, -0.25) is 11.3 Å². The minimum Gasteiger partial charge on any atom is -0.271 e. The third kappa shape index (κ3) is 4.44. The van der Waals surface area contributed by atoms with Gasteiger partial charge < -0.3 is 0 Å². The molecule has 112 valence electrons. The standard InChI is InChI=1S/C16H24ClFN2/c17-16-13(8-5-9-15(16)18)11-14(20-19)10-12-6-3-1-2-4-7-12/h5,8-9,12,14,20H,1-4,6-7,10-11,19H2. The monoisotopic (exact) mass is 298 g/mol. The quantitative estimate of drug-likeness (QED) is 0.485. The van der Waals surface area contributed by atoms with Gasteiger partial charge in [0, 0.05) is 6.04 Å².